The number of alkyl halides is 4. The lowest BCUT2D eigenvalue weighted by atomic mass is 9.92. The lowest BCUT2D eigenvalue weighted by Gasteiger charge is -2.36. The number of hydrogen-bond acceptors (Lipinski definition) is 6. The van der Waals surface area contributed by atoms with E-state index in [2.05, 4.69) is 4.74 Å². The largest absolute Gasteiger partial charge is 0.478 e. The summed E-state index contributed by atoms with van der Waals surface area (Å²) in [5, 5.41) is 9.45. The molecule has 2 heterocycles. The van der Waals surface area contributed by atoms with Crippen LogP contribution in [0.15, 0.2) is 18.2 Å². The smallest absolute Gasteiger partial charge is 0.425 e. The van der Waals surface area contributed by atoms with Crippen LogP contribution in [0.2, 0.25) is 0 Å². The van der Waals surface area contributed by atoms with Gasteiger partial charge in [-0.1, -0.05) is 12.1 Å². The first-order chi connectivity index (χ1) is 15.7. The Hall–Kier alpha value is -2.60. The van der Waals surface area contributed by atoms with E-state index >= 15 is 0 Å². The van der Waals surface area contributed by atoms with Gasteiger partial charge in [-0.25, -0.2) is 14.0 Å². The monoisotopic (exact) mass is 492 g/mol. The Balaban J connectivity index is 1.68. The molecule has 12 heteroatoms. The van der Waals surface area contributed by atoms with Gasteiger partial charge in [-0.3, -0.25) is 4.90 Å². The molecule has 0 bridgehead atoms. The van der Waals surface area contributed by atoms with Crippen molar-refractivity contribution in [1.82, 2.24) is 9.80 Å². The first kappa shape index (κ1) is 26.0. The highest BCUT2D eigenvalue weighted by molar-refractivity contribution is 5.76. The first-order valence-corrected chi connectivity index (χ1v) is 10.8. The van der Waals surface area contributed by atoms with Crippen LogP contribution in [0.4, 0.5) is 22.4 Å². The number of nitrogens with zero attached hydrogens (tertiary/aromatic N) is 2. The summed E-state index contributed by atoms with van der Waals surface area (Å²) in [5.74, 6) is -0.972. The van der Waals surface area contributed by atoms with Crippen molar-refractivity contribution in [3.05, 3.63) is 29.3 Å². The molecule has 1 aromatic rings. The fraction of sp³-hybridized carbons (Fsp3) is 0.636. The highest BCUT2D eigenvalue weighted by Crippen LogP contribution is 2.37. The van der Waals surface area contributed by atoms with Crippen LogP contribution in [0.25, 0.3) is 0 Å². The summed E-state index contributed by atoms with van der Waals surface area (Å²) in [6, 6.07) is 4.74. The molecule has 190 valence electrons. The Kier molecular flexibility index (Phi) is 7.32. The van der Waals surface area contributed by atoms with Crippen LogP contribution in [0.1, 0.15) is 31.9 Å². The van der Waals surface area contributed by atoms with E-state index in [0.29, 0.717) is 30.8 Å². The van der Waals surface area contributed by atoms with Gasteiger partial charge in [0.05, 0.1) is 13.2 Å². The number of carboxylic acids is 1. The maximum Gasteiger partial charge on any atom is 0.425 e. The topological polar surface area (TPSA) is 88.5 Å². The van der Waals surface area contributed by atoms with Gasteiger partial charge in [-0.05, 0) is 32.4 Å². The van der Waals surface area contributed by atoms with E-state index in [4.69, 9.17) is 9.47 Å². The first-order valence-electron chi connectivity index (χ1n) is 10.8. The minimum Gasteiger partial charge on any atom is -0.478 e. The van der Waals surface area contributed by atoms with Crippen molar-refractivity contribution in [3.8, 4) is 5.75 Å². The van der Waals surface area contributed by atoms with Gasteiger partial charge >= 0.3 is 18.2 Å². The van der Waals surface area contributed by atoms with Gasteiger partial charge in [0.25, 0.3) is 0 Å². The molecule has 1 atom stereocenters. The standard InChI is InChI=1S/C22H28F4N2O6/c1-14(22(24,25)26)33-19(31)28-8-6-27(7-9-28)11-15-4-5-16(21(23)12-32-13-21)10-17(15)34-20(2,3)18(29)30/h4-5,10,14H,6-9,11-13H2,1-3H3,(H,29,30). The summed E-state index contributed by atoms with van der Waals surface area (Å²) in [7, 11) is 0. The molecule has 1 N–H and O–H groups in total. The second kappa shape index (κ2) is 9.57. The highest BCUT2D eigenvalue weighted by Gasteiger charge is 2.42. The van der Waals surface area contributed by atoms with Crippen LogP contribution >= 0.6 is 0 Å². The average molecular weight is 492 g/mol. The van der Waals surface area contributed by atoms with Crippen LogP contribution in [0, 0.1) is 0 Å². The summed E-state index contributed by atoms with van der Waals surface area (Å²) in [4.78, 5) is 26.7. The minimum atomic E-state index is -4.63. The lowest BCUT2D eigenvalue weighted by molar-refractivity contribution is -0.200. The maximum atomic E-state index is 14.9. The Labute approximate surface area is 194 Å². The SMILES string of the molecule is CC(OC(=O)N1CCN(Cc2ccc(C3(F)COC3)cc2OC(C)(C)C(=O)O)CC1)C(F)(F)F. The van der Waals surface area contributed by atoms with Crippen molar-refractivity contribution < 1.29 is 46.5 Å². The zero-order valence-electron chi connectivity index (χ0n) is 19.2. The van der Waals surface area contributed by atoms with E-state index in [1.54, 1.807) is 12.1 Å². The Bertz CT molecular complexity index is 911. The number of amides is 1. The van der Waals surface area contributed by atoms with Crippen molar-refractivity contribution in [1.29, 1.82) is 0 Å². The van der Waals surface area contributed by atoms with E-state index < -0.39 is 35.6 Å². The molecule has 34 heavy (non-hydrogen) atoms. The van der Waals surface area contributed by atoms with Crippen LogP contribution in [-0.4, -0.2) is 84.2 Å². The quantitative estimate of drug-likeness (QED) is 0.584. The molecule has 1 unspecified atom stereocenters. The van der Waals surface area contributed by atoms with Gasteiger partial charge in [0.15, 0.2) is 17.4 Å². The number of hydrogen-bond donors (Lipinski definition) is 1. The molecule has 0 aromatic heterocycles. The molecule has 0 saturated carbocycles. The zero-order valence-corrected chi connectivity index (χ0v) is 19.2. The second-order valence-corrected chi connectivity index (χ2v) is 9.03. The number of halogens is 4. The third kappa shape index (κ3) is 5.90. The Morgan fingerprint density at radius 3 is 2.29 bits per heavy atom. The maximum absolute atomic E-state index is 14.9. The van der Waals surface area contributed by atoms with Crippen molar-refractivity contribution >= 4 is 12.1 Å². The summed E-state index contributed by atoms with van der Waals surface area (Å²) in [6.07, 6.45) is -7.86. The molecule has 8 nitrogen and oxygen atoms in total. The molecule has 2 aliphatic rings. The highest BCUT2D eigenvalue weighted by atomic mass is 19.4. The van der Waals surface area contributed by atoms with Crippen LogP contribution in [0.5, 0.6) is 5.75 Å². The summed E-state index contributed by atoms with van der Waals surface area (Å²) < 4.78 is 68.0. The Morgan fingerprint density at radius 1 is 1.18 bits per heavy atom. The van der Waals surface area contributed by atoms with Gasteiger partial charge < -0.3 is 24.2 Å². The number of piperazine rings is 1. The normalized spacial score (nSPS) is 19.8. The van der Waals surface area contributed by atoms with Crippen molar-refractivity contribution in [2.45, 2.75) is 50.9 Å². The van der Waals surface area contributed by atoms with E-state index in [1.165, 1.54) is 24.8 Å². The zero-order chi connectivity index (χ0) is 25.3. The molecule has 1 amide bonds. The van der Waals surface area contributed by atoms with Crippen LogP contribution in [-0.2, 0) is 26.5 Å². The van der Waals surface area contributed by atoms with Gasteiger partial charge in [0.1, 0.15) is 5.75 Å². The number of ether oxygens (including phenoxy) is 3. The summed E-state index contributed by atoms with van der Waals surface area (Å²) >= 11 is 0. The van der Waals surface area contributed by atoms with Crippen molar-refractivity contribution in [2.24, 2.45) is 0 Å². The minimum absolute atomic E-state index is 0.0981. The predicted molar refractivity (Wildman–Crippen MR) is 111 cm³/mol. The number of benzene rings is 1. The number of rotatable bonds is 7. The van der Waals surface area contributed by atoms with Crippen molar-refractivity contribution in [2.75, 3.05) is 39.4 Å². The second-order valence-electron chi connectivity index (χ2n) is 9.03. The van der Waals surface area contributed by atoms with Gasteiger partial charge in [0.2, 0.25) is 0 Å². The number of carboxylic acid groups (broad SMARTS) is 1. The molecule has 2 fully saturated rings. The molecule has 0 aliphatic carbocycles. The number of carbonyl (C=O) groups excluding carboxylic acids is 1. The van der Waals surface area contributed by atoms with E-state index in [-0.39, 0.29) is 32.1 Å². The molecule has 1 aromatic carbocycles. The van der Waals surface area contributed by atoms with Crippen LogP contribution < -0.4 is 4.74 Å². The fourth-order valence-corrected chi connectivity index (χ4v) is 3.45. The molecular formula is C22H28F4N2O6. The molecule has 0 radical (unpaired) electrons. The Morgan fingerprint density at radius 2 is 1.79 bits per heavy atom. The van der Waals surface area contributed by atoms with Gasteiger partial charge in [-0.2, -0.15) is 13.2 Å². The third-order valence-corrected chi connectivity index (χ3v) is 5.89. The molecule has 0 spiro atoms. The molecule has 2 saturated heterocycles. The predicted octanol–water partition coefficient (Wildman–Crippen LogP) is 3.33. The molecule has 2 aliphatic heterocycles. The molecular weight excluding hydrogens is 464 g/mol. The molecule has 3 rings (SSSR count). The van der Waals surface area contributed by atoms with E-state index in [1.807, 2.05) is 4.90 Å². The van der Waals surface area contributed by atoms with Gasteiger partial charge in [-0.15, -0.1) is 0 Å². The van der Waals surface area contributed by atoms with Crippen LogP contribution in [0.3, 0.4) is 0 Å². The number of carbonyl (C=O) groups is 2. The lowest BCUT2D eigenvalue weighted by Crippen LogP contribution is -2.49. The summed E-state index contributed by atoms with van der Waals surface area (Å²) in [6.45, 7) is 4.66. The number of aliphatic carboxylic acids is 1. The van der Waals surface area contributed by atoms with E-state index in [0.717, 1.165) is 6.92 Å². The average Bonchev–Trinajstić information content (AvgIpc) is 2.72. The van der Waals surface area contributed by atoms with E-state index in [9.17, 15) is 32.3 Å². The van der Waals surface area contributed by atoms with Gasteiger partial charge in [0, 0.05) is 38.3 Å². The third-order valence-electron chi connectivity index (χ3n) is 5.89. The van der Waals surface area contributed by atoms with Crippen molar-refractivity contribution in [3.63, 3.8) is 0 Å². The summed E-state index contributed by atoms with van der Waals surface area (Å²) in [5.41, 5.74) is -2.29. The fourth-order valence-electron chi connectivity index (χ4n) is 3.45.